The number of allylic oxidation sites excluding steroid dienone is 1. The maximum absolute atomic E-state index is 10.4. The fraction of sp³-hybridized carbons (Fsp3) is 0.429. The summed E-state index contributed by atoms with van der Waals surface area (Å²) in [6, 6.07) is 6.10. The second-order valence-electron chi connectivity index (χ2n) is 4.58. The zero-order chi connectivity index (χ0) is 11.7. The average molecular weight is 231 g/mol. The topological polar surface area (TPSA) is 41.5 Å². The van der Waals surface area contributed by atoms with Gasteiger partial charge in [0.2, 0.25) is 0 Å². The quantitative estimate of drug-likeness (QED) is 0.805. The van der Waals surface area contributed by atoms with E-state index in [1.807, 2.05) is 12.1 Å². The lowest BCUT2D eigenvalue weighted by molar-refractivity contribution is -0.0538. The maximum Gasteiger partial charge on any atom is 0.107 e. The number of morpholine rings is 1. The van der Waals surface area contributed by atoms with Gasteiger partial charge in [-0.1, -0.05) is 30.4 Å². The number of aliphatic hydroxyl groups excluding tert-OH is 1. The summed E-state index contributed by atoms with van der Waals surface area (Å²) in [7, 11) is 0. The molecular formula is C14H17NO2. The fourth-order valence-corrected chi connectivity index (χ4v) is 2.58. The highest BCUT2D eigenvalue weighted by atomic mass is 16.5. The van der Waals surface area contributed by atoms with Crippen LogP contribution in [0.1, 0.15) is 22.8 Å². The lowest BCUT2D eigenvalue weighted by Crippen LogP contribution is -2.42. The lowest BCUT2D eigenvalue weighted by atomic mass is 9.95. The van der Waals surface area contributed by atoms with Crippen molar-refractivity contribution in [2.24, 2.45) is 0 Å². The van der Waals surface area contributed by atoms with Gasteiger partial charge < -0.3 is 15.2 Å². The van der Waals surface area contributed by atoms with E-state index in [1.54, 1.807) is 0 Å². The molecule has 1 aliphatic heterocycles. The van der Waals surface area contributed by atoms with Crippen LogP contribution < -0.4 is 5.32 Å². The van der Waals surface area contributed by atoms with E-state index in [-0.39, 0.29) is 6.10 Å². The highest BCUT2D eigenvalue weighted by Crippen LogP contribution is 2.30. The molecule has 1 aromatic rings. The molecule has 17 heavy (non-hydrogen) atoms. The normalized spacial score (nSPS) is 24.6. The van der Waals surface area contributed by atoms with Crippen molar-refractivity contribution < 1.29 is 9.84 Å². The van der Waals surface area contributed by atoms with Crippen molar-refractivity contribution >= 4 is 6.08 Å². The third-order valence-corrected chi connectivity index (χ3v) is 3.49. The molecule has 0 bridgehead atoms. The lowest BCUT2D eigenvalue weighted by Gasteiger charge is -2.29. The number of hydrogen-bond donors (Lipinski definition) is 2. The summed E-state index contributed by atoms with van der Waals surface area (Å²) in [5.74, 6) is 0. The molecule has 2 aliphatic rings. The summed E-state index contributed by atoms with van der Waals surface area (Å²) in [6.45, 7) is 2.27. The Morgan fingerprint density at radius 1 is 1.41 bits per heavy atom. The molecule has 1 aliphatic carbocycles. The Morgan fingerprint density at radius 2 is 2.35 bits per heavy atom. The molecule has 0 radical (unpaired) electrons. The number of benzene rings is 1. The van der Waals surface area contributed by atoms with E-state index >= 15 is 0 Å². The molecule has 1 heterocycles. The zero-order valence-electron chi connectivity index (χ0n) is 9.73. The van der Waals surface area contributed by atoms with Crippen LogP contribution in [0.25, 0.3) is 6.08 Å². The van der Waals surface area contributed by atoms with Crippen molar-refractivity contribution in [3.05, 3.63) is 41.0 Å². The summed E-state index contributed by atoms with van der Waals surface area (Å²) in [4.78, 5) is 0. The Balaban J connectivity index is 1.86. The Labute approximate surface area is 101 Å². The van der Waals surface area contributed by atoms with E-state index in [2.05, 4.69) is 23.5 Å². The van der Waals surface area contributed by atoms with E-state index in [4.69, 9.17) is 4.74 Å². The van der Waals surface area contributed by atoms with Gasteiger partial charge in [-0.2, -0.15) is 0 Å². The van der Waals surface area contributed by atoms with Crippen LogP contribution in [-0.4, -0.2) is 30.9 Å². The SMILES string of the molecule is OC(c1cccc2c1CC=C2)C1CNCCO1. The summed E-state index contributed by atoms with van der Waals surface area (Å²) in [6.07, 6.45) is 4.52. The molecule has 90 valence electrons. The number of rotatable bonds is 2. The Hall–Kier alpha value is -1.16. The first-order chi connectivity index (χ1) is 8.36. The van der Waals surface area contributed by atoms with E-state index in [1.165, 1.54) is 11.1 Å². The first-order valence-corrected chi connectivity index (χ1v) is 6.15. The molecule has 0 aromatic heterocycles. The number of hydrogen-bond acceptors (Lipinski definition) is 3. The van der Waals surface area contributed by atoms with Gasteiger partial charge in [0.15, 0.2) is 0 Å². The smallest absolute Gasteiger partial charge is 0.107 e. The second-order valence-corrected chi connectivity index (χ2v) is 4.58. The van der Waals surface area contributed by atoms with Crippen LogP contribution >= 0.6 is 0 Å². The molecule has 0 amide bonds. The fourth-order valence-electron chi connectivity index (χ4n) is 2.58. The molecule has 2 atom stereocenters. The molecule has 2 N–H and O–H groups in total. The molecule has 1 fully saturated rings. The molecule has 3 heteroatoms. The van der Waals surface area contributed by atoms with E-state index in [9.17, 15) is 5.11 Å². The van der Waals surface area contributed by atoms with Crippen molar-refractivity contribution in [2.45, 2.75) is 18.6 Å². The first-order valence-electron chi connectivity index (χ1n) is 6.15. The van der Waals surface area contributed by atoms with E-state index < -0.39 is 6.10 Å². The maximum atomic E-state index is 10.4. The van der Waals surface area contributed by atoms with Gasteiger partial charge >= 0.3 is 0 Å². The molecule has 1 saturated heterocycles. The molecular weight excluding hydrogens is 214 g/mol. The van der Waals surface area contributed by atoms with Crippen LogP contribution in [-0.2, 0) is 11.2 Å². The molecule has 0 saturated carbocycles. The third-order valence-electron chi connectivity index (χ3n) is 3.49. The molecule has 0 spiro atoms. The van der Waals surface area contributed by atoms with E-state index in [0.717, 1.165) is 25.1 Å². The molecule has 1 aromatic carbocycles. The van der Waals surface area contributed by atoms with Gasteiger partial charge in [0, 0.05) is 13.1 Å². The van der Waals surface area contributed by atoms with Crippen LogP contribution in [0.15, 0.2) is 24.3 Å². The molecule has 3 nitrogen and oxygen atoms in total. The van der Waals surface area contributed by atoms with Crippen LogP contribution in [0.5, 0.6) is 0 Å². The minimum Gasteiger partial charge on any atom is -0.386 e. The number of aliphatic hydroxyl groups is 1. The van der Waals surface area contributed by atoms with Crippen LogP contribution in [0.2, 0.25) is 0 Å². The van der Waals surface area contributed by atoms with Gasteiger partial charge in [-0.05, 0) is 23.1 Å². The average Bonchev–Trinajstić information content (AvgIpc) is 2.87. The number of fused-ring (bicyclic) bond motifs is 1. The van der Waals surface area contributed by atoms with Gasteiger partial charge in [0.1, 0.15) is 12.2 Å². The summed E-state index contributed by atoms with van der Waals surface area (Å²) >= 11 is 0. The Kier molecular flexibility index (Phi) is 2.97. The Morgan fingerprint density at radius 3 is 3.18 bits per heavy atom. The van der Waals surface area contributed by atoms with Crippen LogP contribution in [0.3, 0.4) is 0 Å². The van der Waals surface area contributed by atoms with Gasteiger partial charge in [-0.3, -0.25) is 0 Å². The van der Waals surface area contributed by atoms with Crippen LogP contribution in [0.4, 0.5) is 0 Å². The number of ether oxygens (including phenoxy) is 1. The third kappa shape index (κ3) is 2.02. The number of nitrogens with one attached hydrogen (secondary N) is 1. The highest BCUT2D eigenvalue weighted by molar-refractivity contribution is 5.62. The standard InChI is InChI=1S/C14H17NO2/c16-14(13-9-15-7-8-17-13)12-6-2-4-10-3-1-5-11(10)12/h1-4,6,13-16H,5,7-9H2. The zero-order valence-corrected chi connectivity index (χ0v) is 9.73. The minimum absolute atomic E-state index is 0.129. The first kappa shape index (κ1) is 11.0. The van der Waals surface area contributed by atoms with Crippen LogP contribution in [0, 0.1) is 0 Å². The van der Waals surface area contributed by atoms with Gasteiger partial charge in [0.25, 0.3) is 0 Å². The van der Waals surface area contributed by atoms with E-state index in [0.29, 0.717) is 6.61 Å². The second kappa shape index (κ2) is 4.61. The van der Waals surface area contributed by atoms with Gasteiger partial charge in [-0.15, -0.1) is 0 Å². The van der Waals surface area contributed by atoms with Crippen molar-refractivity contribution in [3.8, 4) is 0 Å². The van der Waals surface area contributed by atoms with Gasteiger partial charge in [0.05, 0.1) is 6.61 Å². The largest absolute Gasteiger partial charge is 0.386 e. The summed E-state index contributed by atoms with van der Waals surface area (Å²) < 4.78 is 5.62. The van der Waals surface area contributed by atoms with Gasteiger partial charge in [-0.25, -0.2) is 0 Å². The van der Waals surface area contributed by atoms with Crippen molar-refractivity contribution in [1.82, 2.24) is 5.32 Å². The monoisotopic (exact) mass is 231 g/mol. The van der Waals surface area contributed by atoms with Crippen molar-refractivity contribution in [1.29, 1.82) is 0 Å². The summed E-state index contributed by atoms with van der Waals surface area (Å²) in [5.41, 5.74) is 3.49. The summed E-state index contributed by atoms with van der Waals surface area (Å²) in [5, 5.41) is 13.7. The Bertz CT molecular complexity index is 436. The van der Waals surface area contributed by atoms with Crippen molar-refractivity contribution in [2.75, 3.05) is 19.7 Å². The predicted molar refractivity (Wildman–Crippen MR) is 66.7 cm³/mol. The molecule has 3 rings (SSSR count). The highest BCUT2D eigenvalue weighted by Gasteiger charge is 2.26. The predicted octanol–water partition coefficient (Wildman–Crippen LogP) is 1.28. The minimum atomic E-state index is -0.530. The molecule has 2 unspecified atom stereocenters. The van der Waals surface area contributed by atoms with Crippen molar-refractivity contribution in [3.63, 3.8) is 0 Å².